The van der Waals surface area contributed by atoms with Crippen molar-refractivity contribution < 1.29 is 28.7 Å². The number of piperidine rings is 1. The van der Waals surface area contributed by atoms with Gasteiger partial charge in [-0.05, 0) is 63.8 Å². The number of benzene rings is 2. The minimum Gasteiger partial charge on any atom is -0.497 e. The summed E-state index contributed by atoms with van der Waals surface area (Å²) in [5.74, 6) is -0.290. The first-order chi connectivity index (χ1) is 19.4. The van der Waals surface area contributed by atoms with Gasteiger partial charge in [0.2, 0.25) is 17.7 Å². The Labute approximate surface area is 242 Å². The van der Waals surface area contributed by atoms with Crippen LogP contribution >= 0.6 is 0 Å². The molecular formula is C31H42N4O6. The van der Waals surface area contributed by atoms with Crippen molar-refractivity contribution in [2.45, 2.75) is 71.2 Å². The summed E-state index contributed by atoms with van der Waals surface area (Å²) in [5.41, 5.74) is 1.14. The molecule has 222 valence electrons. The third-order valence-corrected chi connectivity index (χ3v) is 6.83. The van der Waals surface area contributed by atoms with E-state index >= 15 is 0 Å². The number of rotatable bonds is 10. The van der Waals surface area contributed by atoms with E-state index in [1.54, 1.807) is 39.7 Å². The highest BCUT2D eigenvalue weighted by Crippen LogP contribution is 2.20. The summed E-state index contributed by atoms with van der Waals surface area (Å²) < 4.78 is 10.5. The average Bonchev–Trinajstić information content (AvgIpc) is 2.95. The van der Waals surface area contributed by atoms with Crippen LogP contribution in [-0.4, -0.2) is 66.6 Å². The van der Waals surface area contributed by atoms with Gasteiger partial charge in [-0.25, -0.2) is 4.79 Å². The summed E-state index contributed by atoms with van der Waals surface area (Å²) in [4.78, 5) is 53.1. The summed E-state index contributed by atoms with van der Waals surface area (Å²) in [7, 11) is 1.59. The van der Waals surface area contributed by atoms with Gasteiger partial charge in [-0.1, -0.05) is 42.5 Å². The van der Waals surface area contributed by atoms with Crippen LogP contribution in [0.15, 0.2) is 54.6 Å². The summed E-state index contributed by atoms with van der Waals surface area (Å²) in [6.07, 6.45) is 0.591. The van der Waals surface area contributed by atoms with Gasteiger partial charge in [-0.15, -0.1) is 0 Å². The van der Waals surface area contributed by atoms with Gasteiger partial charge in [-0.2, -0.15) is 0 Å². The van der Waals surface area contributed by atoms with Crippen LogP contribution in [-0.2, 0) is 32.1 Å². The minimum absolute atomic E-state index is 0.211. The van der Waals surface area contributed by atoms with Crippen LogP contribution in [0.4, 0.5) is 4.79 Å². The van der Waals surface area contributed by atoms with Gasteiger partial charge in [0.25, 0.3) is 0 Å². The van der Waals surface area contributed by atoms with E-state index in [2.05, 4.69) is 16.0 Å². The third-order valence-electron chi connectivity index (χ3n) is 6.83. The smallest absolute Gasteiger partial charge is 0.408 e. The van der Waals surface area contributed by atoms with Gasteiger partial charge in [0.1, 0.15) is 23.4 Å². The largest absolute Gasteiger partial charge is 0.497 e. The Morgan fingerprint density at radius 2 is 1.56 bits per heavy atom. The fourth-order valence-corrected chi connectivity index (χ4v) is 4.56. The van der Waals surface area contributed by atoms with E-state index in [-0.39, 0.29) is 23.6 Å². The minimum atomic E-state index is -0.799. The first-order valence-corrected chi connectivity index (χ1v) is 14.0. The van der Waals surface area contributed by atoms with Crippen LogP contribution in [0, 0.1) is 5.92 Å². The van der Waals surface area contributed by atoms with Crippen molar-refractivity contribution in [2.75, 3.05) is 20.2 Å². The SMILES string of the molecule is COc1ccc(CNC(=O)C(C)NC(=O)C2CCN(C(=O)C(Cc3ccccc3)NC(=O)OC(C)(C)C)CC2)cc1. The van der Waals surface area contributed by atoms with Gasteiger partial charge in [0.15, 0.2) is 0 Å². The second-order valence-corrected chi connectivity index (χ2v) is 11.3. The third kappa shape index (κ3) is 10.1. The summed E-state index contributed by atoms with van der Waals surface area (Å²) in [6.45, 7) is 8.03. The summed E-state index contributed by atoms with van der Waals surface area (Å²) >= 11 is 0. The molecule has 2 aromatic carbocycles. The number of nitrogens with one attached hydrogen (secondary N) is 3. The Balaban J connectivity index is 1.50. The van der Waals surface area contributed by atoms with Gasteiger partial charge in [-0.3, -0.25) is 14.4 Å². The standard InChI is InChI=1S/C31H42N4O6/c1-21(27(36)32-20-23-11-13-25(40-5)14-12-23)33-28(37)24-15-17-35(18-16-24)29(38)26(19-22-9-7-6-8-10-22)34-30(39)41-31(2,3)4/h6-14,21,24,26H,15-20H2,1-5H3,(H,32,36)(H,33,37)(H,34,39). The Kier molecular flexibility index (Phi) is 11.1. The lowest BCUT2D eigenvalue weighted by atomic mass is 9.94. The van der Waals surface area contributed by atoms with Crippen molar-refractivity contribution in [1.82, 2.24) is 20.9 Å². The van der Waals surface area contributed by atoms with Crippen LogP contribution in [0.1, 0.15) is 51.7 Å². The lowest BCUT2D eigenvalue weighted by Gasteiger charge is -2.34. The number of hydrogen-bond acceptors (Lipinski definition) is 6. The molecule has 10 nitrogen and oxygen atoms in total. The molecule has 2 aromatic rings. The van der Waals surface area contributed by atoms with E-state index in [4.69, 9.17) is 9.47 Å². The molecule has 4 amide bonds. The molecule has 0 aromatic heterocycles. The zero-order valence-electron chi connectivity index (χ0n) is 24.6. The lowest BCUT2D eigenvalue weighted by Crippen LogP contribution is -2.54. The Morgan fingerprint density at radius 3 is 2.15 bits per heavy atom. The van der Waals surface area contributed by atoms with Crippen LogP contribution in [0.25, 0.3) is 0 Å². The number of amides is 4. The summed E-state index contributed by atoms with van der Waals surface area (Å²) in [6, 6.07) is 15.3. The highest BCUT2D eigenvalue weighted by molar-refractivity contribution is 5.89. The Morgan fingerprint density at radius 1 is 0.927 bits per heavy atom. The van der Waals surface area contributed by atoms with Crippen LogP contribution in [0.2, 0.25) is 0 Å². The van der Waals surface area contributed by atoms with E-state index in [1.807, 2.05) is 54.6 Å². The fourth-order valence-electron chi connectivity index (χ4n) is 4.56. The lowest BCUT2D eigenvalue weighted by molar-refractivity contribution is -0.138. The Hall–Kier alpha value is -4.08. The van der Waals surface area contributed by atoms with Crippen molar-refractivity contribution in [3.8, 4) is 5.75 Å². The van der Waals surface area contributed by atoms with Gasteiger partial charge >= 0.3 is 6.09 Å². The maximum atomic E-state index is 13.5. The predicted molar refractivity (Wildman–Crippen MR) is 155 cm³/mol. The number of nitrogens with zero attached hydrogens (tertiary/aromatic N) is 1. The quantitative estimate of drug-likeness (QED) is 0.406. The number of hydrogen-bond donors (Lipinski definition) is 3. The molecule has 0 saturated carbocycles. The van der Waals surface area contributed by atoms with Gasteiger partial charge < -0.3 is 30.3 Å². The molecule has 41 heavy (non-hydrogen) atoms. The van der Waals surface area contributed by atoms with Crippen molar-refractivity contribution in [3.05, 3.63) is 65.7 Å². The van der Waals surface area contributed by atoms with E-state index in [0.717, 1.165) is 16.9 Å². The number of alkyl carbamates (subject to hydrolysis) is 1. The van der Waals surface area contributed by atoms with E-state index in [1.165, 1.54) is 0 Å². The fraction of sp³-hybridized carbons (Fsp3) is 0.484. The van der Waals surface area contributed by atoms with Crippen LogP contribution < -0.4 is 20.7 Å². The molecule has 3 N–H and O–H groups in total. The van der Waals surface area contributed by atoms with Gasteiger partial charge in [0.05, 0.1) is 7.11 Å². The number of carbonyl (C=O) groups is 4. The maximum Gasteiger partial charge on any atom is 0.408 e. The zero-order chi connectivity index (χ0) is 30.0. The highest BCUT2D eigenvalue weighted by atomic mass is 16.6. The molecule has 2 atom stereocenters. The number of likely N-dealkylation sites (tertiary alicyclic amines) is 1. The van der Waals surface area contributed by atoms with E-state index in [9.17, 15) is 19.2 Å². The number of carbonyl (C=O) groups excluding carboxylic acids is 4. The second kappa shape index (κ2) is 14.5. The molecule has 1 saturated heterocycles. The first-order valence-electron chi connectivity index (χ1n) is 14.0. The molecule has 0 radical (unpaired) electrons. The van der Waals surface area contributed by atoms with Crippen molar-refractivity contribution in [2.24, 2.45) is 5.92 Å². The zero-order valence-corrected chi connectivity index (χ0v) is 24.6. The molecule has 1 aliphatic heterocycles. The van der Waals surface area contributed by atoms with Gasteiger partial charge in [0, 0.05) is 32.0 Å². The highest BCUT2D eigenvalue weighted by Gasteiger charge is 2.33. The molecule has 10 heteroatoms. The molecule has 0 spiro atoms. The normalized spacial score (nSPS) is 15.3. The molecule has 3 rings (SSSR count). The Bertz CT molecular complexity index is 1170. The molecular weight excluding hydrogens is 524 g/mol. The van der Waals surface area contributed by atoms with E-state index < -0.39 is 23.8 Å². The van der Waals surface area contributed by atoms with Crippen molar-refractivity contribution >= 4 is 23.8 Å². The maximum absolute atomic E-state index is 13.5. The molecule has 1 aliphatic rings. The van der Waals surface area contributed by atoms with Crippen molar-refractivity contribution in [3.63, 3.8) is 0 Å². The topological polar surface area (TPSA) is 126 Å². The number of methoxy groups -OCH3 is 1. The monoisotopic (exact) mass is 566 g/mol. The van der Waals surface area contributed by atoms with Crippen LogP contribution in [0.5, 0.6) is 5.75 Å². The van der Waals surface area contributed by atoms with Crippen LogP contribution in [0.3, 0.4) is 0 Å². The summed E-state index contributed by atoms with van der Waals surface area (Å²) in [5, 5.41) is 8.38. The van der Waals surface area contributed by atoms with E-state index in [0.29, 0.717) is 38.9 Å². The molecule has 2 unspecified atom stereocenters. The average molecular weight is 567 g/mol. The predicted octanol–water partition coefficient (Wildman–Crippen LogP) is 3.19. The first kappa shape index (κ1) is 31.4. The molecule has 1 heterocycles. The number of ether oxygens (including phenoxy) is 2. The molecule has 1 fully saturated rings. The van der Waals surface area contributed by atoms with Crippen molar-refractivity contribution in [1.29, 1.82) is 0 Å². The second-order valence-electron chi connectivity index (χ2n) is 11.3. The molecule has 0 aliphatic carbocycles. The molecule has 0 bridgehead atoms.